The van der Waals surface area contributed by atoms with E-state index < -0.39 is 15.9 Å². The van der Waals surface area contributed by atoms with Gasteiger partial charge in [-0.3, -0.25) is 4.79 Å². The van der Waals surface area contributed by atoms with Crippen LogP contribution in [0.25, 0.3) is 0 Å². The second-order valence-corrected chi connectivity index (χ2v) is 8.04. The first-order chi connectivity index (χ1) is 13.3. The average molecular weight is 405 g/mol. The van der Waals surface area contributed by atoms with Crippen molar-refractivity contribution in [3.05, 3.63) is 59.7 Å². The molecule has 28 heavy (non-hydrogen) atoms. The summed E-state index contributed by atoms with van der Waals surface area (Å²) in [6, 6.07) is 14.0. The number of ether oxygens (including phenoxy) is 1. The first-order valence-corrected chi connectivity index (χ1v) is 10.3. The minimum absolute atomic E-state index is 0.00843. The minimum Gasteiger partial charge on any atom is -0.504 e. The van der Waals surface area contributed by atoms with Crippen molar-refractivity contribution in [3.8, 4) is 11.5 Å². The molecule has 2 rings (SSSR count). The third-order valence-electron chi connectivity index (χ3n) is 3.89. The van der Waals surface area contributed by atoms with Crippen LogP contribution >= 0.6 is 0 Å². The summed E-state index contributed by atoms with van der Waals surface area (Å²) < 4.78 is 30.0. The molecule has 2 aromatic rings. The number of hydrogen-bond donors (Lipinski definition) is 2. The summed E-state index contributed by atoms with van der Waals surface area (Å²) >= 11 is 0. The molecule has 0 aromatic heterocycles. The first kappa shape index (κ1) is 21.4. The van der Waals surface area contributed by atoms with Gasteiger partial charge in [0, 0.05) is 6.54 Å². The van der Waals surface area contributed by atoms with Crippen molar-refractivity contribution in [2.24, 2.45) is 5.10 Å². The van der Waals surface area contributed by atoms with Crippen LogP contribution in [0, 0.1) is 0 Å². The van der Waals surface area contributed by atoms with E-state index in [0.717, 1.165) is 16.1 Å². The van der Waals surface area contributed by atoms with Crippen LogP contribution in [0.4, 0.5) is 0 Å². The zero-order chi connectivity index (χ0) is 20.6. The van der Waals surface area contributed by atoms with Gasteiger partial charge in [0.2, 0.25) is 10.0 Å². The topological polar surface area (TPSA) is 108 Å². The molecule has 1 amide bonds. The fraction of sp³-hybridized carbons (Fsp3) is 0.263. The molecule has 2 aromatic carbocycles. The van der Waals surface area contributed by atoms with Gasteiger partial charge in [-0.2, -0.15) is 9.41 Å². The average Bonchev–Trinajstić information content (AvgIpc) is 2.66. The van der Waals surface area contributed by atoms with Gasteiger partial charge in [-0.25, -0.2) is 13.8 Å². The quantitative estimate of drug-likeness (QED) is 0.484. The van der Waals surface area contributed by atoms with E-state index in [9.17, 15) is 18.3 Å². The van der Waals surface area contributed by atoms with E-state index >= 15 is 0 Å². The second kappa shape index (κ2) is 9.86. The van der Waals surface area contributed by atoms with Gasteiger partial charge in [-0.05, 0) is 35.7 Å². The summed E-state index contributed by atoms with van der Waals surface area (Å²) in [6.45, 7) is -0.142. The van der Waals surface area contributed by atoms with E-state index in [1.807, 2.05) is 30.3 Å². The molecule has 0 bridgehead atoms. The fourth-order valence-corrected chi connectivity index (χ4v) is 3.18. The van der Waals surface area contributed by atoms with Gasteiger partial charge in [-0.1, -0.05) is 30.3 Å². The molecule has 0 fully saturated rings. The number of hydrazone groups is 1. The number of carbonyl (C=O) groups excluding carboxylic acids is 1. The van der Waals surface area contributed by atoms with E-state index in [4.69, 9.17) is 4.74 Å². The maximum absolute atomic E-state index is 12.1. The highest BCUT2D eigenvalue weighted by molar-refractivity contribution is 7.88. The Kier molecular flexibility index (Phi) is 7.53. The van der Waals surface area contributed by atoms with Gasteiger partial charge in [0.25, 0.3) is 5.91 Å². The largest absolute Gasteiger partial charge is 0.504 e. The normalized spacial score (nSPS) is 11.7. The van der Waals surface area contributed by atoms with Crippen molar-refractivity contribution in [3.63, 3.8) is 0 Å². The number of nitrogens with zero attached hydrogens (tertiary/aromatic N) is 2. The van der Waals surface area contributed by atoms with E-state index in [0.29, 0.717) is 12.0 Å². The first-order valence-electron chi connectivity index (χ1n) is 8.47. The van der Waals surface area contributed by atoms with Crippen LogP contribution in [0.1, 0.15) is 11.1 Å². The lowest BCUT2D eigenvalue weighted by molar-refractivity contribution is -0.121. The molecule has 150 valence electrons. The Morgan fingerprint density at radius 3 is 2.61 bits per heavy atom. The number of rotatable bonds is 9. The molecule has 2 N–H and O–H groups in total. The van der Waals surface area contributed by atoms with Gasteiger partial charge >= 0.3 is 0 Å². The van der Waals surface area contributed by atoms with Crippen LogP contribution in [0.15, 0.2) is 53.6 Å². The van der Waals surface area contributed by atoms with Crippen molar-refractivity contribution in [2.75, 3.05) is 26.5 Å². The third-order valence-corrected chi connectivity index (χ3v) is 5.14. The SMILES string of the molecule is COc1cc(C=NNC(=O)CN(CCc2ccccc2)S(C)(=O)=O)ccc1O. The Hall–Kier alpha value is -2.91. The molecule has 0 unspecified atom stereocenters. The van der Waals surface area contributed by atoms with Gasteiger partial charge in [0.1, 0.15) is 0 Å². The van der Waals surface area contributed by atoms with E-state index in [1.54, 1.807) is 12.1 Å². The number of benzene rings is 2. The molecule has 0 radical (unpaired) electrons. The van der Waals surface area contributed by atoms with Crippen molar-refractivity contribution < 1.29 is 23.1 Å². The van der Waals surface area contributed by atoms with Crippen LogP contribution in [-0.2, 0) is 21.2 Å². The highest BCUT2D eigenvalue weighted by Crippen LogP contribution is 2.25. The van der Waals surface area contributed by atoms with E-state index in [1.165, 1.54) is 19.4 Å². The van der Waals surface area contributed by atoms with Crippen molar-refractivity contribution in [2.45, 2.75) is 6.42 Å². The summed E-state index contributed by atoms with van der Waals surface area (Å²) in [4.78, 5) is 12.1. The maximum atomic E-state index is 12.1. The molecule has 0 spiro atoms. The number of sulfonamides is 1. The molecule has 0 atom stereocenters. The van der Waals surface area contributed by atoms with Crippen LogP contribution in [0.3, 0.4) is 0 Å². The van der Waals surface area contributed by atoms with Gasteiger partial charge in [0.15, 0.2) is 11.5 Å². The Morgan fingerprint density at radius 2 is 1.96 bits per heavy atom. The Morgan fingerprint density at radius 1 is 1.25 bits per heavy atom. The molecule has 0 saturated heterocycles. The standard InChI is InChI=1S/C19H23N3O5S/c1-27-18-12-16(8-9-17(18)23)13-20-21-19(24)14-22(28(2,25)26)11-10-15-6-4-3-5-7-15/h3-9,12-13,23H,10-11,14H2,1-2H3,(H,21,24). The second-order valence-electron chi connectivity index (χ2n) is 6.06. The summed E-state index contributed by atoms with van der Waals surface area (Å²) in [5.74, 6) is -0.286. The summed E-state index contributed by atoms with van der Waals surface area (Å²) in [6.07, 6.45) is 2.93. The zero-order valence-corrected chi connectivity index (χ0v) is 16.5. The lowest BCUT2D eigenvalue weighted by atomic mass is 10.1. The number of phenolic OH excluding ortho intramolecular Hbond substituents is 1. The van der Waals surface area contributed by atoms with Crippen LogP contribution in [0.2, 0.25) is 0 Å². The fourth-order valence-electron chi connectivity index (χ4n) is 2.41. The number of carbonyl (C=O) groups is 1. The lowest BCUT2D eigenvalue weighted by Gasteiger charge is -2.18. The molecule has 9 heteroatoms. The van der Waals surface area contributed by atoms with Gasteiger partial charge in [0.05, 0.1) is 26.1 Å². The highest BCUT2D eigenvalue weighted by atomic mass is 32.2. The Labute approximate surface area is 164 Å². The molecule has 8 nitrogen and oxygen atoms in total. The molecule has 0 aliphatic heterocycles. The smallest absolute Gasteiger partial charge is 0.255 e. The van der Waals surface area contributed by atoms with Gasteiger partial charge in [-0.15, -0.1) is 0 Å². The van der Waals surface area contributed by atoms with Crippen molar-refractivity contribution >= 4 is 22.1 Å². The number of hydrogen-bond acceptors (Lipinski definition) is 6. The highest BCUT2D eigenvalue weighted by Gasteiger charge is 2.19. The minimum atomic E-state index is -3.54. The van der Waals surface area contributed by atoms with Crippen LogP contribution < -0.4 is 10.2 Å². The zero-order valence-electron chi connectivity index (χ0n) is 15.7. The number of nitrogens with one attached hydrogen (secondary N) is 1. The molecular weight excluding hydrogens is 382 g/mol. The summed E-state index contributed by atoms with van der Waals surface area (Å²) in [5, 5.41) is 13.4. The van der Waals surface area contributed by atoms with Crippen LogP contribution in [0.5, 0.6) is 11.5 Å². The van der Waals surface area contributed by atoms with Crippen molar-refractivity contribution in [1.29, 1.82) is 0 Å². The van der Waals surface area contributed by atoms with E-state index in [2.05, 4.69) is 10.5 Å². The number of aromatic hydroxyl groups is 1. The molecule has 0 aliphatic rings. The predicted molar refractivity (Wildman–Crippen MR) is 107 cm³/mol. The number of amides is 1. The Bertz CT molecular complexity index is 930. The maximum Gasteiger partial charge on any atom is 0.255 e. The third kappa shape index (κ3) is 6.67. The molecule has 0 aliphatic carbocycles. The van der Waals surface area contributed by atoms with Gasteiger partial charge < -0.3 is 9.84 Å². The number of methoxy groups -OCH3 is 1. The lowest BCUT2D eigenvalue weighted by Crippen LogP contribution is -2.40. The van der Waals surface area contributed by atoms with Crippen molar-refractivity contribution in [1.82, 2.24) is 9.73 Å². The van der Waals surface area contributed by atoms with Crippen LogP contribution in [-0.4, -0.2) is 56.4 Å². The Balaban J connectivity index is 1.94. The number of phenols is 1. The summed E-state index contributed by atoms with van der Waals surface area (Å²) in [5.41, 5.74) is 3.88. The molecular formula is C19H23N3O5S. The monoisotopic (exact) mass is 405 g/mol. The summed E-state index contributed by atoms with van der Waals surface area (Å²) in [7, 11) is -2.12. The van der Waals surface area contributed by atoms with E-state index in [-0.39, 0.29) is 24.6 Å². The predicted octanol–water partition coefficient (Wildman–Crippen LogP) is 1.36. The molecule has 0 saturated carbocycles. The molecule has 0 heterocycles.